The van der Waals surface area contributed by atoms with E-state index in [-0.39, 0.29) is 16.7 Å². The Hall–Kier alpha value is -1.42. The maximum absolute atomic E-state index is 10.7. The number of non-ortho nitro benzene ring substituents is 1. The smallest absolute Gasteiger partial charge is 0.269 e. The molecule has 0 bridgehead atoms. The minimum absolute atomic E-state index is 0.111. The second-order valence-electron chi connectivity index (χ2n) is 4.53. The van der Waals surface area contributed by atoms with Gasteiger partial charge in [-0.3, -0.25) is 10.1 Å². The van der Waals surface area contributed by atoms with Crippen molar-refractivity contribution in [3.05, 3.63) is 39.4 Å². The average Bonchev–Trinajstić information content (AvgIpc) is 2.16. The summed E-state index contributed by atoms with van der Waals surface area (Å²) < 4.78 is 0. The molecule has 0 aliphatic heterocycles. The van der Waals surface area contributed by atoms with Crippen molar-refractivity contribution in [1.29, 1.82) is 0 Å². The highest BCUT2D eigenvalue weighted by Gasteiger charge is 2.15. The van der Waals surface area contributed by atoms with Gasteiger partial charge in [0.1, 0.15) is 0 Å². The standard InChI is InChI=1S/C12H18N2O2/c1-8(2)6-12(13)11-7-10(14(15)16)5-4-9(11)3/h4-5,7-8,12H,6,13H2,1-3H3. The summed E-state index contributed by atoms with van der Waals surface area (Å²) in [6.07, 6.45) is 0.835. The number of nitrogens with zero attached hydrogens (tertiary/aromatic N) is 1. The van der Waals surface area contributed by atoms with Crippen LogP contribution in [0.2, 0.25) is 0 Å². The van der Waals surface area contributed by atoms with Gasteiger partial charge < -0.3 is 5.73 Å². The van der Waals surface area contributed by atoms with Crippen LogP contribution in [0.3, 0.4) is 0 Å². The van der Waals surface area contributed by atoms with Crippen molar-refractivity contribution in [3.8, 4) is 0 Å². The lowest BCUT2D eigenvalue weighted by Gasteiger charge is -2.16. The molecule has 0 radical (unpaired) electrons. The van der Waals surface area contributed by atoms with Gasteiger partial charge in [-0.25, -0.2) is 0 Å². The summed E-state index contributed by atoms with van der Waals surface area (Å²) in [6.45, 7) is 6.11. The molecule has 0 aromatic heterocycles. The number of nitro groups is 1. The van der Waals surface area contributed by atoms with Crippen LogP contribution >= 0.6 is 0 Å². The molecule has 2 N–H and O–H groups in total. The second kappa shape index (κ2) is 5.07. The Bertz CT molecular complexity index is 389. The number of benzene rings is 1. The molecule has 0 fully saturated rings. The van der Waals surface area contributed by atoms with E-state index < -0.39 is 0 Å². The molecule has 1 unspecified atom stereocenters. The Morgan fingerprint density at radius 2 is 2.06 bits per heavy atom. The number of hydrogen-bond donors (Lipinski definition) is 1. The minimum Gasteiger partial charge on any atom is -0.324 e. The number of nitrogens with two attached hydrogens (primary N) is 1. The Morgan fingerprint density at radius 3 is 2.56 bits per heavy atom. The molecule has 0 amide bonds. The van der Waals surface area contributed by atoms with Crippen molar-refractivity contribution in [2.75, 3.05) is 0 Å². The largest absolute Gasteiger partial charge is 0.324 e. The van der Waals surface area contributed by atoms with Crippen molar-refractivity contribution < 1.29 is 4.92 Å². The van der Waals surface area contributed by atoms with Crippen molar-refractivity contribution in [2.45, 2.75) is 33.2 Å². The van der Waals surface area contributed by atoms with E-state index >= 15 is 0 Å². The first-order valence-electron chi connectivity index (χ1n) is 5.42. The Labute approximate surface area is 95.6 Å². The zero-order valence-corrected chi connectivity index (χ0v) is 9.93. The average molecular weight is 222 g/mol. The lowest BCUT2D eigenvalue weighted by Crippen LogP contribution is -2.14. The summed E-state index contributed by atoms with van der Waals surface area (Å²) in [6, 6.07) is 4.73. The normalized spacial score (nSPS) is 12.8. The third-order valence-corrected chi connectivity index (χ3v) is 2.60. The Balaban J connectivity index is 3.02. The van der Waals surface area contributed by atoms with Gasteiger partial charge in [-0.1, -0.05) is 19.9 Å². The summed E-state index contributed by atoms with van der Waals surface area (Å²) in [5.74, 6) is 0.480. The van der Waals surface area contributed by atoms with Gasteiger partial charge in [0.15, 0.2) is 0 Å². The summed E-state index contributed by atoms with van der Waals surface area (Å²) in [5.41, 5.74) is 8.04. The minimum atomic E-state index is -0.384. The number of nitro benzene ring substituents is 1. The molecule has 88 valence electrons. The van der Waals surface area contributed by atoms with Crippen LogP contribution in [0.25, 0.3) is 0 Å². The van der Waals surface area contributed by atoms with E-state index in [9.17, 15) is 10.1 Å². The molecule has 4 heteroatoms. The van der Waals surface area contributed by atoms with E-state index in [1.807, 2.05) is 6.92 Å². The van der Waals surface area contributed by atoms with E-state index in [1.54, 1.807) is 12.1 Å². The van der Waals surface area contributed by atoms with Crippen LogP contribution in [-0.4, -0.2) is 4.92 Å². The topological polar surface area (TPSA) is 69.2 Å². The van der Waals surface area contributed by atoms with Gasteiger partial charge in [0.2, 0.25) is 0 Å². The zero-order valence-electron chi connectivity index (χ0n) is 9.93. The third kappa shape index (κ3) is 3.03. The molecule has 1 aromatic carbocycles. The highest BCUT2D eigenvalue weighted by molar-refractivity contribution is 5.40. The van der Waals surface area contributed by atoms with Crippen LogP contribution in [0.1, 0.15) is 37.4 Å². The summed E-state index contributed by atoms with van der Waals surface area (Å²) in [5, 5.41) is 10.7. The molecule has 4 nitrogen and oxygen atoms in total. The molecule has 0 aliphatic carbocycles. The summed E-state index contributed by atoms with van der Waals surface area (Å²) in [4.78, 5) is 10.3. The molecule has 16 heavy (non-hydrogen) atoms. The third-order valence-electron chi connectivity index (χ3n) is 2.60. The quantitative estimate of drug-likeness (QED) is 0.629. The van der Waals surface area contributed by atoms with Crippen molar-refractivity contribution in [3.63, 3.8) is 0 Å². The number of rotatable bonds is 4. The van der Waals surface area contributed by atoms with Crippen LogP contribution in [0, 0.1) is 23.0 Å². The lowest BCUT2D eigenvalue weighted by atomic mass is 9.94. The van der Waals surface area contributed by atoms with E-state index in [1.165, 1.54) is 6.07 Å². The van der Waals surface area contributed by atoms with Gasteiger partial charge in [0.05, 0.1) is 4.92 Å². The van der Waals surface area contributed by atoms with Crippen LogP contribution in [0.4, 0.5) is 5.69 Å². The van der Waals surface area contributed by atoms with Gasteiger partial charge >= 0.3 is 0 Å². The first kappa shape index (κ1) is 12.6. The molecular formula is C12H18N2O2. The van der Waals surface area contributed by atoms with Crippen molar-refractivity contribution in [2.24, 2.45) is 11.7 Å². The maximum atomic E-state index is 10.7. The van der Waals surface area contributed by atoms with Gasteiger partial charge in [0.25, 0.3) is 5.69 Å². The highest BCUT2D eigenvalue weighted by Crippen LogP contribution is 2.25. The lowest BCUT2D eigenvalue weighted by molar-refractivity contribution is -0.384. The second-order valence-corrected chi connectivity index (χ2v) is 4.53. The molecule has 1 atom stereocenters. The predicted octanol–water partition coefficient (Wildman–Crippen LogP) is 2.95. The first-order chi connectivity index (χ1) is 7.41. The fraction of sp³-hybridized carbons (Fsp3) is 0.500. The SMILES string of the molecule is Cc1ccc([N+](=O)[O-])cc1C(N)CC(C)C. The zero-order chi connectivity index (χ0) is 12.3. The van der Waals surface area contributed by atoms with Crippen LogP contribution in [0.5, 0.6) is 0 Å². The fourth-order valence-corrected chi connectivity index (χ4v) is 1.78. The molecule has 0 aliphatic rings. The monoisotopic (exact) mass is 222 g/mol. The number of aryl methyl sites for hydroxylation is 1. The van der Waals surface area contributed by atoms with Gasteiger partial charge in [0, 0.05) is 18.2 Å². The molecular weight excluding hydrogens is 204 g/mol. The molecule has 0 heterocycles. The van der Waals surface area contributed by atoms with E-state index in [0.717, 1.165) is 17.5 Å². The molecule has 1 aromatic rings. The highest BCUT2D eigenvalue weighted by atomic mass is 16.6. The number of hydrogen-bond acceptors (Lipinski definition) is 3. The van der Waals surface area contributed by atoms with E-state index in [4.69, 9.17) is 5.73 Å². The Morgan fingerprint density at radius 1 is 1.44 bits per heavy atom. The maximum Gasteiger partial charge on any atom is 0.269 e. The fourth-order valence-electron chi connectivity index (χ4n) is 1.78. The van der Waals surface area contributed by atoms with Crippen LogP contribution in [0.15, 0.2) is 18.2 Å². The van der Waals surface area contributed by atoms with E-state index in [0.29, 0.717) is 5.92 Å². The molecule has 1 rings (SSSR count). The van der Waals surface area contributed by atoms with Crippen LogP contribution < -0.4 is 5.73 Å². The van der Waals surface area contributed by atoms with Gasteiger partial charge in [-0.15, -0.1) is 0 Å². The van der Waals surface area contributed by atoms with E-state index in [2.05, 4.69) is 13.8 Å². The molecule has 0 spiro atoms. The molecule has 0 saturated heterocycles. The van der Waals surface area contributed by atoms with Crippen LogP contribution in [-0.2, 0) is 0 Å². The summed E-state index contributed by atoms with van der Waals surface area (Å²) >= 11 is 0. The predicted molar refractivity (Wildman–Crippen MR) is 64.2 cm³/mol. The van der Waals surface area contributed by atoms with Crippen molar-refractivity contribution >= 4 is 5.69 Å². The first-order valence-corrected chi connectivity index (χ1v) is 5.42. The molecule has 0 saturated carbocycles. The Kier molecular flexibility index (Phi) is 4.01. The van der Waals surface area contributed by atoms with Gasteiger partial charge in [-0.2, -0.15) is 0 Å². The van der Waals surface area contributed by atoms with Crippen molar-refractivity contribution in [1.82, 2.24) is 0 Å². The van der Waals surface area contributed by atoms with Gasteiger partial charge in [-0.05, 0) is 30.4 Å². The summed E-state index contributed by atoms with van der Waals surface area (Å²) in [7, 11) is 0.